The molecule has 1 N–H and O–H groups in total. The number of benzene rings is 2. The van der Waals surface area contributed by atoms with Gasteiger partial charge in [-0.05, 0) is 29.3 Å². The predicted molar refractivity (Wildman–Crippen MR) is 88.8 cm³/mol. The molecule has 3 rings (SSSR count). The third kappa shape index (κ3) is 2.91. The first-order chi connectivity index (χ1) is 9.65. The molecule has 1 heterocycles. The van der Waals surface area contributed by atoms with Crippen molar-refractivity contribution in [2.45, 2.75) is 23.3 Å². The van der Waals surface area contributed by atoms with Gasteiger partial charge in [0.1, 0.15) is 0 Å². The first kappa shape index (κ1) is 14.5. The first-order valence-corrected chi connectivity index (χ1v) is 8.64. The highest BCUT2D eigenvalue weighted by Crippen LogP contribution is 2.41. The standard InChI is InChI=1S/C16H14BrClOS/c17-11-6-5-10(14(18)8-11)7-15(19)13-9-20-16-4-2-1-3-12(13)16/h1-6,8,13,15,19H,7,9H2. The van der Waals surface area contributed by atoms with E-state index >= 15 is 0 Å². The molecule has 1 aliphatic heterocycles. The third-order valence-corrected chi connectivity index (χ3v) is 5.70. The maximum Gasteiger partial charge on any atom is 0.0658 e. The highest BCUT2D eigenvalue weighted by Gasteiger charge is 2.29. The van der Waals surface area contributed by atoms with Crippen molar-refractivity contribution in [3.05, 3.63) is 63.1 Å². The van der Waals surface area contributed by atoms with Gasteiger partial charge in [0, 0.05) is 32.5 Å². The van der Waals surface area contributed by atoms with Gasteiger partial charge in [-0.25, -0.2) is 0 Å². The topological polar surface area (TPSA) is 20.2 Å². The second-order valence-corrected chi connectivity index (χ2v) is 7.35. The van der Waals surface area contributed by atoms with E-state index in [4.69, 9.17) is 11.6 Å². The fraction of sp³-hybridized carbons (Fsp3) is 0.250. The summed E-state index contributed by atoms with van der Waals surface area (Å²) in [4.78, 5) is 1.29. The van der Waals surface area contributed by atoms with Gasteiger partial charge in [0.2, 0.25) is 0 Å². The van der Waals surface area contributed by atoms with Crippen molar-refractivity contribution in [1.82, 2.24) is 0 Å². The molecule has 0 fully saturated rings. The van der Waals surface area contributed by atoms with E-state index in [9.17, 15) is 5.11 Å². The molecule has 0 radical (unpaired) electrons. The summed E-state index contributed by atoms with van der Waals surface area (Å²) >= 11 is 11.5. The van der Waals surface area contributed by atoms with Gasteiger partial charge in [-0.15, -0.1) is 11.8 Å². The van der Waals surface area contributed by atoms with E-state index < -0.39 is 6.10 Å². The number of fused-ring (bicyclic) bond motifs is 1. The number of hydrogen-bond donors (Lipinski definition) is 1. The Bertz CT molecular complexity index is 632. The van der Waals surface area contributed by atoms with Crippen LogP contribution in [0.15, 0.2) is 51.8 Å². The van der Waals surface area contributed by atoms with Crippen LogP contribution in [0, 0.1) is 0 Å². The van der Waals surface area contributed by atoms with E-state index in [0.717, 1.165) is 15.8 Å². The summed E-state index contributed by atoms with van der Waals surface area (Å²) in [5, 5.41) is 11.3. The van der Waals surface area contributed by atoms with Crippen molar-refractivity contribution in [3.8, 4) is 0 Å². The molecule has 0 aromatic heterocycles. The lowest BCUT2D eigenvalue weighted by Gasteiger charge is -2.19. The largest absolute Gasteiger partial charge is 0.392 e. The second-order valence-electron chi connectivity index (χ2n) is 4.96. The van der Waals surface area contributed by atoms with Crippen molar-refractivity contribution in [2.75, 3.05) is 5.75 Å². The van der Waals surface area contributed by atoms with Crippen LogP contribution in [-0.4, -0.2) is 17.0 Å². The Kier molecular flexibility index (Phi) is 4.41. The summed E-state index contributed by atoms with van der Waals surface area (Å²) in [6.45, 7) is 0. The van der Waals surface area contributed by atoms with Gasteiger partial charge in [-0.3, -0.25) is 0 Å². The van der Waals surface area contributed by atoms with Crippen molar-refractivity contribution in [1.29, 1.82) is 0 Å². The van der Waals surface area contributed by atoms with Crippen LogP contribution in [0.25, 0.3) is 0 Å². The molecule has 2 aromatic rings. The molecule has 20 heavy (non-hydrogen) atoms. The van der Waals surface area contributed by atoms with Crippen LogP contribution in [0.5, 0.6) is 0 Å². The van der Waals surface area contributed by atoms with Gasteiger partial charge < -0.3 is 5.11 Å². The quantitative estimate of drug-likeness (QED) is 0.830. The fourth-order valence-corrected chi connectivity index (χ4v) is 4.63. The molecule has 0 saturated heterocycles. The van der Waals surface area contributed by atoms with E-state index in [0.29, 0.717) is 11.4 Å². The Hall–Kier alpha value is -0.480. The molecule has 0 amide bonds. The summed E-state index contributed by atoms with van der Waals surface area (Å²) in [6, 6.07) is 14.1. The van der Waals surface area contributed by atoms with E-state index in [2.05, 4.69) is 28.1 Å². The summed E-state index contributed by atoms with van der Waals surface area (Å²) in [5.41, 5.74) is 2.26. The van der Waals surface area contributed by atoms with E-state index in [1.807, 2.05) is 42.1 Å². The smallest absolute Gasteiger partial charge is 0.0658 e. The van der Waals surface area contributed by atoms with Crippen molar-refractivity contribution in [3.63, 3.8) is 0 Å². The van der Waals surface area contributed by atoms with Gasteiger partial charge >= 0.3 is 0 Å². The lowest BCUT2D eigenvalue weighted by atomic mass is 9.91. The molecular formula is C16H14BrClOS. The highest BCUT2D eigenvalue weighted by atomic mass is 79.9. The SMILES string of the molecule is OC(Cc1ccc(Br)cc1Cl)C1CSc2ccccc21. The zero-order chi connectivity index (χ0) is 14.1. The fourth-order valence-electron chi connectivity index (χ4n) is 2.56. The summed E-state index contributed by atoms with van der Waals surface area (Å²) in [6.07, 6.45) is 0.191. The van der Waals surface area contributed by atoms with Gasteiger partial charge in [0.05, 0.1) is 6.10 Å². The molecule has 0 spiro atoms. The predicted octanol–water partition coefficient (Wildman–Crippen LogP) is 4.90. The minimum Gasteiger partial charge on any atom is -0.392 e. The zero-order valence-corrected chi connectivity index (χ0v) is 13.9. The average Bonchev–Trinajstić information content (AvgIpc) is 2.86. The van der Waals surface area contributed by atoms with Crippen LogP contribution < -0.4 is 0 Å². The van der Waals surface area contributed by atoms with Crippen LogP contribution >= 0.6 is 39.3 Å². The van der Waals surface area contributed by atoms with Crippen LogP contribution in [0.2, 0.25) is 5.02 Å². The van der Waals surface area contributed by atoms with Crippen LogP contribution in [0.1, 0.15) is 17.0 Å². The average molecular weight is 370 g/mol. The molecule has 0 bridgehead atoms. The Morgan fingerprint density at radius 1 is 1.30 bits per heavy atom. The number of aliphatic hydroxyl groups is 1. The zero-order valence-electron chi connectivity index (χ0n) is 10.7. The molecular weight excluding hydrogens is 356 g/mol. The Morgan fingerprint density at radius 2 is 2.10 bits per heavy atom. The van der Waals surface area contributed by atoms with E-state index in [1.54, 1.807) is 0 Å². The van der Waals surface area contributed by atoms with E-state index in [1.165, 1.54) is 10.5 Å². The summed E-state index contributed by atoms with van der Waals surface area (Å²) < 4.78 is 0.961. The Labute approximate surface area is 136 Å². The lowest BCUT2D eigenvalue weighted by Crippen LogP contribution is -2.21. The maximum absolute atomic E-state index is 10.6. The molecule has 2 atom stereocenters. The van der Waals surface area contributed by atoms with E-state index in [-0.39, 0.29) is 5.92 Å². The molecule has 2 unspecified atom stereocenters. The molecule has 104 valence electrons. The van der Waals surface area contributed by atoms with Crippen molar-refractivity contribution >= 4 is 39.3 Å². The molecule has 1 aliphatic rings. The summed E-state index contributed by atoms with van der Waals surface area (Å²) in [5.74, 6) is 1.13. The van der Waals surface area contributed by atoms with Crippen LogP contribution in [0.3, 0.4) is 0 Å². The van der Waals surface area contributed by atoms with Crippen molar-refractivity contribution in [2.24, 2.45) is 0 Å². The number of halogens is 2. The molecule has 0 aliphatic carbocycles. The summed E-state index contributed by atoms with van der Waals surface area (Å²) in [7, 11) is 0. The van der Waals surface area contributed by atoms with Gasteiger partial charge in [0.15, 0.2) is 0 Å². The highest BCUT2D eigenvalue weighted by molar-refractivity contribution is 9.10. The lowest BCUT2D eigenvalue weighted by molar-refractivity contribution is 0.151. The number of hydrogen-bond acceptors (Lipinski definition) is 2. The Morgan fingerprint density at radius 3 is 2.90 bits per heavy atom. The Balaban J connectivity index is 1.79. The number of thioether (sulfide) groups is 1. The molecule has 1 nitrogen and oxygen atoms in total. The normalized spacial score (nSPS) is 18.9. The van der Waals surface area contributed by atoms with Gasteiger partial charge in [0.25, 0.3) is 0 Å². The maximum atomic E-state index is 10.6. The molecule has 0 saturated carbocycles. The third-order valence-electron chi connectivity index (χ3n) is 3.65. The number of aliphatic hydroxyl groups excluding tert-OH is 1. The minimum absolute atomic E-state index is 0.191. The van der Waals surface area contributed by atoms with Gasteiger partial charge in [-0.1, -0.05) is 51.8 Å². The van der Waals surface area contributed by atoms with Crippen LogP contribution in [0.4, 0.5) is 0 Å². The molecule has 4 heteroatoms. The molecule has 2 aromatic carbocycles. The van der Waals surface area contributed by atoms with Gasteiger partial charge in [-0.2, -0.15) is 0 Å². The van der Waals surface area contributed by atoms with Crippen molar-refractivity contribution < 1.29 is 5.11 Å². The number of rotatable bonds is 3. The monoisotopic (exact) mass is 368 g/mol. The second kappa shape index (κ2) is 6.10. The van der Waals surface area contributed by atoms with Crippen LogP contribution in [-0.2, 0) is 6.42 Å². The first-order valence-electron chi connectivity index (χ1n) is 6.49. The minimum atomic E-state index is -0.398.